The third kappa shape index (κ3) is 5.66. The van der Waals surface area contributed by atoms with E-state index in [-0.39, 0.29) is 12.6 Å². The highest BCUT2D eigenvalue weighted by Crippen LogP contribution is 2.16. The van der Waals surface area contributed by atoms with Gasteiger partial charge in [-0.1, -0.05) is 19.1 Å². The molecule has 0 spiro atoms. The zero-order chi connectivity index (χ0) is 17.6. The van der Waals surface area contributed by atoms with Gasteiger partial charge in [0.05, 0.1) is 23.7 Å². The molecule has 0 bridgehead atoms. The van der Waals surface area contributed by atoms with E-state index >= 15 is 0 Å². The molecular weight excluding hydrogens is 306 g/mol. The van der Waals surface area contributed by atoms with Crippen molar-refractivity contribution in [2.24, 2.45) is 5.92 Å². The van der Waals surface area contributed by atoms with Gasteiger partial charge in [0.2, 0.25) is 0 Å². The molecule has 2 rings (SSSR count). The number of hydrogen-bond acceptors (Lipinski definition) is 4. The topological polar surface area (TPSA) is 92.1 Å². The molecule has 7 heteroatoms. The number of amides is 2. The van der Waals surface area contributed by atoms with Gasteiger partial charge in [-0.15, -0.1) is 5.10 Å². The van der Waals surface area contributed by atoms with Crippen molar-refractivity contribution in [3.05, 3.63) is 36.7 Å². The van der Waals surface area contributed by atoms with Gasteiger partial charge < -0.3 is 15.7 Å². The Morgan fingerprint density at radius 1 is 1.33 bits per heavy atom. The average molecular weight is 331 g/mol. The van der Waals surface area contributed by atoms with Crippen LogP contribution in [0, 0.1) is 5.92 Å². The molecule has 130 valence electrons. The number of nitrogens with one attached hydrogen (secondary N) is 2. The van der Waals surface area contributed by atoms with Crippen LogP contribution >= 0.6 is 0 Å². The minimum absolute atomic E-state index is 0.211. The van der Waals surface area contributed by atoms with E-state index in [9.17, 15) is 9.90 Å². The second-order valence-corrected chi connectivity index (χ2v) is 6.63. The molecule has 0 aliphatic rings. The van der Waals surface area contributed by atoms with Gasteiger partial charge in [-0.3, -0.25) is 0 Å². The van der Waals surface area contributed by atoms with Crippen molar-refractivity contribution in [1.29, 1.82) is 0 Å². The quantitative estimate of drug-likeness (QED) is 0.727. The average Bonchev–Trinajstić information content (AvgIpc) is 3.07. The number of rotatable bonds is 7. The molecule has 1 heterocycles. The molecule has 3 N–H and O–H groups in total. The standard InChI is InChI=1S/C17H25N5O2/c1-13(2)8-9-17(3,24)12-18-16(23)20-14-4-6-15(7-5-14)22-11-10-19-21-22/h4-7,10-11,13,24H,8-9,12H2,1-3H3,(H2,18,20,23). The number of aromatic nitrogens is 3. The van der Waals surface area contributed by atoms with Crippen LogP contribution < -0.4 is 10.6 Å². The first kappa shape index (κ1) is 17.9. The maximum atomic E-state index is 11.9. The summed E-state index contributed by atoms with van der Waals surface area (Å²) in [5.41, 5.74) is 0.617. The van der Waals surface area contributed by atoms with Gasteiger partial charge in [-0.25, -0.2) is 9.48 Å². The van der Waals surface area contributed by atoms with Gasteiger partial charge in [-0.05, 0) is 49.9 Å². The van der Waals surface area contributed by atoms with Crippen molar-refractivity contribution in [2.45, 2.75) is 39.2 Å². The lowest BCUT2D eigenvalue weighted by atomic mass is 9.95. The lowest BCUT2D eigenvalue weighted by Crippen LogP contribution is -2.42. The number of urea groups is 1. The van der Waals surface area contributed by atoms with Crippen LogP contribution in [0.5, 0.6) is 0 Å². The lowest BCUT2D eigenvalue weighted by Gasteiger charge is -2.24. The van der Waals surface area contributed by atoms with Gasteiger partial charge in [0, 0.05) is 12.2 Å². The fourth-order valence-corrected chi connectivity index (χ4v) is 2.18. The van der Waals surface area contributed by atoms with Crippen LogP contribution in [0.3, 0.4) is 0 Å². The third-order valence-electron chi connectivity index (χ3n) is 3.70. The summed E-state index contributed by atoms with van der Waals surface area (Å²) in [5, 5.41) is 23.4. The minimum Gasteiger partial charge on any atom is -0.388 e. The summed E-state index contributed by atoms with van der Waals surface area (Å²) >= 11 is 0. The fraction of sp³-hybridized carbons (Fsp3) is 0.471. The molecule has 1 aromatic carbocycles. The van der Waals surface area contributed by atoms with Crippen molar-refractivity contribution in [3.8, 4) is 5.69 Å². The number of hydrogen-bond donors (Lipinski definition) is 3. The number of benzene rings is 1. The summed E-state index contributed by atoms with van der Waals surface area (Å²) in [6.07, 6.45) is 4.91. The van der Waals surface area contributed by atoms with Crippen LogP contribution in [0.15, 0.2) is 36.7 Å². The van der Waals surface area contributed by atoms with E-state index in [1.165, 1.54) is 0 Å². The van der Waals surface area contributed by atoms with Crippen LogP contribution in [0.25, 0.3) is 5.69 Å². The Labute approximate surface area is 142 Å². The maximum Gasteiger partial charge on any atom is 0.319 e. The number of carbonyl (C=O) groups is 1. The Hall–Kier alpha value is -2.41. The van der Waals surface area contributed by atoms with E-state index < -0.39 is 5.60 Å². The Morgan fingerprint density at radius 2 is 2.04 bits per heavy atom. The van der Waals surface area contributed by atoms with E-state index in [2.05, 4.69) is 34.8 Å². The van der Waals surface area contributed by atoms with Crippen LogP contribution in [0.4, 0.5) is 10.5 Å². The maximum absolute atomic E-state index is 11.9. The second-order valence-electron chi connectivity index (χ2n) is 6.63. The zero-order valence-corrected chi connectivity index (χ0v) is 14.4. The number of carbonyl (C=O) groups excluding carboxylic acids is 1. The van der Waals surface area contributed by atoms with Gasteiger partial charge >= 0.3 is 6.03 Å². The van der Waals surface area contributed by atoms with Crippen LogP contribution in [0.1, 0.15) is 33.6 Å². The Balaban J connectivity index is 1.82. The second kappa shape index (κ2) is 7.92. The summed E-state index contributed by atoms with van der Waals surface area (Å²) in [6, 6.07) is 6.90. The highest BCUT2D eigenvalue weighted by molar-refractivity contribution is 5.89. The van der Waals surface area contributed by atoms with E-state index in [1.54, 1.807) is 36.1 Å². The normalized spacial score (nSPS) is 13.5. The van der Waals surface area contributed by atoms with Gasteiger partial charge in [-0.2, -0.15) is 0 Å². The van der Waals surface area contributed by atoms with Crippen molar-refractivity contribution in [3.63, 3.8) is 0 Å². The van der Waals surface area contributed by atoms with E-state index in [0.29, 0.717) is 18.0 Å². The van der Waals surface area contributed by atoms with Gasteiger partial charge in [0.15, 0.2) is 0 Å². The molecule has 7 nitrogen and oxygen atoms in total. The smallest absolute Gasteiger partial charge is 0.319 e. The van der Waals surface area contributed by atoms with Crippen LogP contribution in [-0.2, 0) is 0 Å². The number of aliphatic hydroxyl groups is 1. The summed E-state index contributed by atoms with van der Waals surface area (Å²) in [5.74, 6) is 0.522. The SMILES string of the molecule is CC(C)CCC(C)(O)CNC(=O)Nc1ccc(-n2ccnn2)cc1. The van der Waals surface area contributed by atoms with Gasteiger partial charge in [0.25, 0.3) is 0 Å². The minimum atomic E-state index is -0.904. The first-order valence-corrected chi connectivity index (χ1v) is 8.10. The summed E-state index contributed by atoms with van der Waals surface area (Å²) in [4.78, 5) is 11.9. The molecule has 1 aromatic heterocycles. The Kier molecular flexibility index (Phi) is 5.92. The third-order valence-corrected chi connectivity index (χ3v) is 3.70. The molecule has 0 aliphatic heterocycles. The highest BCUT2D eigenvalue weighted by Gasteiger charge is 2.21. The first-order chi connectivity index (χ1) is 11.4. The predicted molar refractivity (Wildman–Crippen MR) is 93.1 cm³/mol. The van der Waals surface area contributed by atoms with Gasteiger partial charge in [0.1, 0.15) is 0 Å². The molecule has 1 atom stereocenters. The summed E-state index contributed by atoms with van der Waals surface area (Å²) < 4.78 is 1.63. The monoisotopic (exact) mass is 331 g/mol. The van der Waals surface area contributed by atoms with Crippen LogP contribution in [0.2, 0.25) is 0 Å². The number of anilines is 1. The first-order valence-electron chi connectivity index (χ1n) is 8.10. The van der Waals surface area contributed by atoms with E-state index in [1.807, 2.05) is 12.1 Å². The molecule has 2 amide bonds. The molecule has 24 heavy (non-hydrogen) atoms. The molecule has 2 aromatic rings. The highest BCUT2D eigenvalue weighted by atomic mass is 16.3. The zero-order valence-electron chi connectivity index (χ0n) is 14.4. The number of nitrogens with zero attached hydrogens (tertiary/aromatic N) is 3. The summed E-state index contributed by atoms with van der Waals surface area (Å²) in [7, 11) is 0. The molecular formula is C17H25N5O2. The lowest BCUT2D eigenvalue weighted by molar-refractivity contribution is 0.0481. The molecule has 0 aliphatic carbocycles. The Bertz CT molecular complexity index is 636. The molecule has 0 saturated carbocycles. The predicted octanol–water partition coefficient (Wildman–Crippen LogP) is 2.58. The van der Waals surface area contributed by atoms with Crippen molar-refractivity contribution < 1.29 is 9.90 Å². The van der Waals surface area contributed by atoms with Crippen molar-refractivity contribution in [1.82, 2.24) is 20.3 Å². The molecule has 0 radical (unpaired) electrons. The fourth-order valence-electron chi connectivity index (χ4n) is 2.18. The van der Waals surface area contributed by atoms with E-state index in [4.69, 9.17) is 0 Å². The Morgan fingerprint density at radius 3 is 2.62 bits per heavy atom. The van der Waals surface area contributed by atoms with E-state index in [0.717, 1.165) is 12.1 Å². The molecule has 1 unspecified atom stereocenters. The largest absolute Gasteiger partial charge is 0.388 e. The molecule has 0 fully saturated rings. The van der Waals surface area contributed by atoms with Crippen molar-refractivity contribution in [2.75, 3.05) is 11.9 Å². The van der Waals surface area contributed by atoms with Crippen molar-refractivity contribution >= 4 is 11.7 Å². The molecule has 0 saturated heterocycles. The van der Waals surface area contributed by atoms with Crippen LogP contribution in [-0.4, -0.2) is 38.3 Å². The summed E-state index contributed by atoms with van der Waals surface area (Å²) in [6.45, 7) is 6.17.